The molecule has 0 fully saturated rings. The van der Waals surface area contributed by atoms with Crippen LogP contribution in [0, 0.1) is 19.7 Å². The van der Waals surface area contributed by atoms with Crippen LogP contribution < -0.4 is 5.32 Å². The van der Waals surface area contributed by atoms with Crippen molar-refractivity contribution in [3.05, 3.63) is 52.8 Å². The molecule has 0 saturated carbocycles. The van der Waals surface area contributed by atoms with Crippen molar-refractivity contribution in [1.29, 1.82) is 0 Å². The summed E-state index contributed by atoms with van der Waals surface area (Å²) in [5.74, 6) is -1.84. The minimum Gasteiger partial charge on any atom is -0.508 e. The Bertz CT molecular complexity index is 663. The number of hydrogen-bond donors (Lipinski definition) is 3. The van der Waals surface area contributed by atoms with E-state index in [-0.39, 0.29) is 5.75 Å². The number of phenolic OH excluding ortho intramolecular Hbond substituents is 2. The van der Waals surface area contributed by atoms with Gasteiger partial charge in [0.25, 0.3) is 5.91 Å². The number of amides is 1. The molecule has 0 aliphatic heterocycles. The highest BCUT2D eigenvalue weighted by Gasteiger charge is 2.17. The van der Waals surface area contributed by atoms with E-state index in [1.165, 1.54) is 18.2 Å². The van der Waals surface area contributed by atoms with Gasteiger partial charge in [0.2, 0.25) is 0 Å². The fourth-order valence-corrected chi connectivity index (χ4v) is 1.86. The molecule has 0 heterocycles. The molecule has 0 spiro atoms. The normalized spacial score (nSPS) is 10.3. The summed E-state index contributed by atoms with van der Waals surface area (Å²) >= 11 is 0. The third-order valence-electron chi connectivity index (χ3n) is 3.01. The average Bonchev–Trinajstić information content (AvgIpc) is 2.35. The molecule has 20 heavy (non-hydrogen) atoms. The van der Waals surface area contributed by atoms with Crippen LogP contribution in [0.25, 0.3) is 0 Å². The molecule has 0 bridgehead atoms. The Kier molecular flexibility index (Phi) is 3.61. The van der Waals surface area contributed by atoms with Gasteiger partial charge in [0.1, 0.15) is 22.9 Å². The molecule has 2 aromatic carbocycles. The zero-order valence-electron chi connectivity index (χ0n) is 11.1. The highest BCUT2D eigenvalue weighted by molar-refractivity contribution is 6.06. The molecule has 0 radical (unpaired) electrons. The summed E-state index contributed by atoms with van der Waals surface area (Å²) in [5.41, 5.74) is 1.27. The molecule has 4 nitrogen and oxygen atoms in total. The lowest BCUT2D eigenvalue weighted by Gasteiger charge is -2.11. The van der Waals surface area contributed by atoms with Crippen LogP contribution in [0.4, 0.5) is 10.1 Å². The number of anilines is 1. The van der Waals surface area contributed by atoms with Crippen LogP contribution >= 0.6 is 0 Å². The first-order valence-corrected chi connectivity index (χ1v) is 5.99. The highest BCUT2D eigenvalue weighted by Crippen LogP contribution is 2.27. The van der Waals surface area contributed by atoms with E-state index in [2.05, 4.69) is 5.32 Å². The van der Waals surface area contributed by atoms with Crippen molar-refractivity contribution in [1.82, 2.24) is 0 Å². The highest BCUT2D eigenvalue weighted by atomic mass is 19.1. The topological polar surface area (TPSA) is 69.6 Å². The van der Waals surface area contributed by atoms with Crippen LogP contribution in [0.2, 0.25) is 0 Å². The van der Waals surface area contributed by atoms with Gasteiger partial charge in [-0.15, -0.1) is 0 Å². The third kappa shape index (κ3) is 2.56. The first-order chi connectivity index (χ1) is 9.40. The maximum Gasteiger partial charge on any atom is 0.262 e. The van der Waals surface area contributed by atoms with Crippen LogP contribution in [-0.2, 0) is 0 Å². The predicted octanol–water partition coefficient (Wildman–Crippen LogP) is 3.11. The zero-order valence-corrected chi connectivity index (χ0v) is 11.1. The molecule has 104 valence electrons. The van der Waals surface area contributed by atoms with E-state index < -0.39 is 23.0 Å². The second-order valence-electron chi connectivity index (χ2n) is 4.54. The van der Waals surface area contributed by atoms with Gasteiger partial charge in [0.15, 0.2) is 0 Å². The Hall–Kier alpha value is -2.56. The molecule has 0 unspecified atom stereocenters. The smallest absolute Gasteiger partial charge is 0.262 e. The van der Waals surface area contributed by atoms with Crippen molar-refractivity contribution < 1.29 is 19.4 Å². The van der Waals surface area contributed by atoms with Crippen molar-refractivity contribution in [3.63, 3.8) is 0 Å². The van der Waals surface area contributed by atoms with Gasteiger partial charge in [0.05, 0.1) is 0 Å². The van der Waals surface area contributed by atoms with E-state index in [0.29, 0.717) is 16.8 Å². The van der Waals surface area contributed by atoms with Crippen LogP contribution in [0.3, 0.4) is 0 Å². The molecule has 0 atom stereocenters. The van der Waals surface area contributed by atoms with Crippen LogP contribution in [0.15, 0.2) is 30.3 Å². The first-order valence-electron chi connectivity index (χ1n) is 5.99. The Morgan fingerprint density at radius 2 is 1.80 bits per heavy atom. The Labute approximate surface area is 115 Å². The number of aromatic hydroxyl groups is 2. The van der Waals surface area contributed by atoms with Gasteiger partial charge in [0, 0.05) is 5.69 Å². The number of aryl methyl sites for hydroxylation is 2. The molecular weight excluding hydrogens is 261 g/mol. The molecule has 5 heteroatoms. The van der Waals surface area contributed by atoms with E-state index in [1.807, 2.05) is 0 Å². The zero-order chi connectivity index (χ0) is 14.9. The van der Waals surface area contributed by atoms with Crippen molar-refractivity contribution in [3.8, 4) is 11.5 Å². The van der Waals surface area contributed by atoms with Gasteiger partial charge < -0.3 is 15.5 Å². The van der Waals surface area contributed by atoms with Gasteiger partial charge in [-0.1, -0.05) is 6.07 Å². The summed E-state index contributed by atoms with van der Waals surface area (Å²) in [7, 11) is 0. The number of benzene rings is 2. The molecule has 1 amide bonds. The van der Waals surface area contributed by atoms with E-state index >= 15 is 0 Å². The van der Waals surface area contributed by atoms with E-state index in [0.717, 1.165) is 6.07 Å². The summed E-state index contributed by atoms with van der Waals surface area (Å²) in [5, 5.41) is 21.6. The lowest BCUT2D eigenvalue weighted by atomic mass is 10.1. The molecule has 0 saturated heterocycles. The monoisotopic (exact) mass is 275 g/mol. The van der Waals surface area contributed by atoms with Gasteiger partial charge >= 0.3 is 0 Å². The largest absolute Gasteiger partial charge is 0.508 e. The number of halogens is 1. The van der Waals surface area contributed by atoms with Crippen molar-refractivity contribution in [2.75, 3.05) is 5.32 Å². The Balaban J connectivity index is 2.35. The predicted molar refractivity (Wildman–Crippen MR) is 73.6 cm³/mol. The van der Waals surface area contributed by atoms with Gasteiger partial charge in [-0.3, -0.25) is 4.79 Å². The molecule has 0 aromatic heterocycles. The van der Waals surface area contributed by atoms with Crippen molar-refractivity contribution >= 4 is 11.6 Å². The van der Waals surface area contributed by atoms with E-state index in [9.17, 15) is 19.4 Å². The van der Waals surface area contributed by atoms with Gasteiger partial charge in [-0.25, -0.2) is 4.39 Å². The van der Waals surface area contributed by atoms with Crippen LogP contribution in [0.5, 0.6) is 11.5 Å². The lowest BCUT2D eigenvalue weighted by molar-refractivity contribution is 0.102. The average molecular weight is 275 g/mol. The molecule has 2 rings (SSSR count). The second-order valence-corrected chi connectivity index (χ2v) is 4.54. The lowest BCUT2D eigenvalue weighted by Crippen LogP contribution is -2.15. The Morgan fingerprint density at radius 1 is 1.10 bits per heavy atom. The number of phenols is 2. The van der Waals surface area contributed by atoms with E-state index in [1.54, 1.807) is 19.9 Å². The third-order valence-corrected chi connectivity index (χ3v) is 3.01. The van der Waals surface area contributed by atoms with Crippen LogP contribution in [-0.4, -0.2) is 16.1 Å². The summed E-state index contributed by atoms with van der Waals surface area (Å²) in [6.45, 7) is 3.39. The number of rotatable bonds is 2. The van der Waals surface area contributed by atoms with Crippen molar-refractivity contribution in [2.45, 2.75) is 13.8 Å². The van der Waals surface area contributed by atoms with E-state index in [4.69, 9.17) is 0 Å². The van der Waals surface area contributed by atoms with Gasteiger partial charge in [-0.2, -0.15) is 0 Å². The molecular formula is C15H14FNO3. The SMILES string of the molecule is Cc1cc(NC(=O)c2c(O)cccc2F)c(C)cc1O. The fraction of sp³-hybridized carbons (Fsp3) is 0.133. The summed E-state index contributed by atoms with van der Waals surface area (Å²) in [6, 6.07) is 6.75. The quantitative estimate of drug-likeness (QED) is 0.737. The van der Waals surface area contributed by atoms with Crippen molar-refractivity contribution in [2.24, 2.45) is 0 Å². The molecule has 3 N–H and O–H groups in total. The van der Waals surface area contributed by atoms with Crippen LogP contribution in [0.1, 0.15) is 21.5 Å². The number of carbonyl (C=O) groups is 1. The number of carbonyl (C=O) groups excluding carboxylic acids is 1. The van der Waals surface area contributed by atoms with Gasteiger partial charge in [-0.05, 0) is 49.2 Å². The minimum absolute atomic E-state index is 0.120. The maximum absolute atomic E-state index is 13.6. The number of nitrogens with one attached hydrogen (secondary N) is 1. The summed E-state index contributed by atoms with van der Waals surface area (Å²) in [6.07, 6.45) is 0. The maximum atomic E-state index is 13.6. The standard InChI is InChI=1S/C15H14FNO3/c1-8-7-13(19)9(2)6-11(8)17-15(20)14-10(16)4-3-5-12(14)18/h3-7,18-19H,1-2H3,(H,17,20). The second kappa shape index (κ2) is 5.21. The molecule has 0 aliphatic carbocycles. The Morgan fingerprint density at radius 3 is 2.45 bits per heavy atom. The fourth-order valence-electron chi connectivity index (χ4n) is 1.86. The first kappa shape index (κ1) is 13.9. The number of hydrogen-bond acceptors (Lipinski definition) is 3. The molecule has 0 aliphatic rings. The summed E-state index contributed by atoms with van der Waals surface area (Å²) in [4.78, 5) is 12.0. The molecule has 2 aromatic rings. The summed E-state index contributed by atoms with van der Waals surface area (Å²) < 4.78 is 13.6. The minimum atomic E-state index is -0.796.